The standard InChI is InChI=1S/C15H20ClNO/c1-11-2-3-13(15(16)8-11)10-14(18)9-12-4-6-17-7-5-12/h2-3,8,12,17H,4-7,9-10H2,1H3. The lowest BCUT2D eigenvalue weighted by Crippen LogP contribution is -2.29. The lowest BCUT2D eigenvalue weighted by Gasteiger charge is -2.21. The number of benzene rings is 1. The quantitative estimate of drug-likeness (QED) is 0.906. The number of carbonyl (C=O) groups excluding carboxylic acids is 1. The molecule has 0 bridgehead atoms. The molecule has 1 aromatic rings. The Morgan fingerprint density at radius 2 is 2.11 bits per heavy atom. The van der Waals surface area contributed by atoms with E-state index in [-0.39, 0.29) is 0 Å². The number of ketones is 1. The highest BCUT2D eigenvalue weighted by Crippen LogP contribution is 2.21. The third kappa shape index (κ3) is 3.82. The van der Waals surface area contributed by atoms with Crippen LogP contribution in [0.1, 0.15) is 30.4 Å². The Labute approximate surface area is 114 Å². The highest BCUT2D eigenvalue weighted by Gasteiger charge is 2.17. The normalized spacial score (nSPS) is 16.8. The largest absolute Gasteiger partial charge is 0.317 e. The van der Waals surface area contributed by atoms with Crippen LogP contribution in [0.15, 0.2) is 18.2 Å². The molecule has 98 valence electrons. The number of Topliss-reactive ketones (excluding diaryl/α,β-unsaturated/α-hetero) is 1. The topological polar surface area (TPSA) is 29.1 Å². The van der Waals surface area contributed by atoms with Crippen molar-refractivity contribution in [2.75, 3.05) is 13.1 Å². The Balaban J connectivity index is 1.90. The molecule has 1 aliphatic heterocycles. The first-order valence-electron chi connectivity index (χ1n) is 6.62. The van der Waals surface area contributed by atoms with E-state index < -0.39 is 0 Å². The molecule has 2 nitrogen and oxygen atoms in total. The van der Waals surface area contributed by atoms with Gasteiger partial charge in [-0.1, -0.05) is 23.7 Å². The summed E-state index contributed by atoms with van der Waals surface area (Å²) in [6, 6.07) is 5.91. The Hall–Kier alpha value is -0.860. The number of rotatable bonds is 4. The van der Waals surface area contributed by atoms with Crippen molar-refractivity contribution in [1.29, 1.82) is 0 Å². The van der Waals surface area contributed by atoms with E-state index in [4.69, 9.17) is 11.6 Å². The third-order valence-electron chi connectivity index (χ3n) is 3.57. The average Bonchev–Trinajstić information content (AvgIpc) is 2.34. The Morgan fingerprint density at radius 1 is 1.39 bits per heavy atom. The van der Waals surface area contributed by atoms with Crippen molar-refractivity contribution in [1.82, 2.24) is 5.32 Å². The Kier molecular flexibility index (Phi) is 4.79. The van der Waals surface area contributed by atoms with Gasteiger partial charge in [0.05, 0.1) is 0 Å². The molecule has 18 heavy (non-hydrogen) atoms. The van der Waals surface area contributed by atoms with E-state index in [2.05, 4.69) is 5.32 Å². The van der Waals surface area contributed by atoms with Crippen LogP contribution in [-0.2, 0) is 11.2 Å². The molecule has 0 saturated carbocycles. The summed E-state index contributed by atoms with van der Waals surface area (Å²) < 4.78 is 0. The molecular weight excluding hydrogens is 246 g/mol. The van der Waals surface area contributed by atoms with Crippen molar-refractivity contribution in [2.24, 2.45) is 5.92 Å². The molecule has 1 heterocycles. The lowest BCUT2D eigenvalue weighted by atomic mass is 9.91. The molecule has 1 saturated heterocycles. The molecule has 0 aromatic heterocycles. The van der Waals surface area contributed by atoms with Crippen LogP contribution in [0, 0.1) is 12.8 Å². The molecular formula is C15H20ClNO. The zero-order valence-electron chi connectivity index (χ0n) is 10.8. The van der Waals surface area contributed by atoms with E-state index in [0.29, 0.717) is 29.6 Å². The summed E-state index contributed by atoms with van der Waals surface area (Å²) in [5.74, 6) is 0.871. The monoisotopic (exact) mass is 265 g/mol. The number of carbonyl (C=O) groups is 1. The summed E-state index contributed by atoms with van der Waals surface area (Å²) in [5, 5.41) is 4.04. The number of halogens is 1. The van der Waals surface area contributed by atoms with Crippen molar-refractivity contribution in [3.05, 3.63) is 34.3 Å². The van der Waals surface area contributed by atoms with E-state index in [1.807, 2.05) is 25.1 Å². The van der Waals surface area contributed by atoms with Gasteiger partial charge in [-0.3, -0.25) is 4.79 Å². The second kappa shape index (κ2) is 6.35. The molecule has 2 rings (SSSR count). The Bertz CT molecular complexity index is 425. The maximum atomic E-state index is 12.0. The van der Waals surface area contributed by atoms with Crippen LogP contribution < -0.4 is 5.32 Å². The summed E-state index contributed by atoms with van der Waals surface area (Å²) in [4.78, 5) is 12.0. The zero-order chi connectivity index (χ0) is 13.0. The fourth-order valence-electron chi connectivity index (χ4n) is 2.49. The first-order valence-corrected chi connectivity index (χ1v) is 7.00. The maximum Gasteiger partial charge on any atom is 0.137 e. The minimum atomic E-state index is 0.313. The van der Waals surface area contributed by atoms with Gasteiger partial charge >= 0.3 is 0 Å². The smallest absolute Gasteiger partial charge is 0.137 e. The minimum absolute atomic E-state index is 0.313. The molecule has 0 aliphatic carbocycles. The van der Waals surface area contributed by atoms with E-state index >= 15 is 0 Å². The average molecular weight is 266 g/mol. The second-order valence-corrected chi connectivity index (χ2v) is 5.62. The van der Waals surface area contributed by atoms with Gasteiger partial charge in [0.25, 0.3) is 0 Å². The number of hydrogen-bond acceptors (Lipinski definition) is 2. The van der Waals surface area contributed by atoms with Crippen LogP contribution in [0.2, 0.25) is 5.02 Å². The van der Waals surface area contributed by atoms with E-state index in [1.54, 1.807) is 0 Å². The number of nitrogens with one attached hydrogen (secondary N) is 1. The molecule has 1 N–H and O–H groups in total. The molecule has 1 fully saturated rings. The van der Waals surface area contributed by atoms with Gasteiger partial charge in [0.2, 0.25) is 0 Å². The first-order chi connectivity index (χ1) is 8.65. The van der Waals surface area contributed by atoms with Gasteiger partial charge in [-0.15, -0.1) is 0 Å². The van der Waals surface area contributed by atoms with Gasteiger partial charge in [0.15, 0.2) is 0 Å². The number of piperidine rings is 1. The van der Waals surface area contributed by atoms with Crippen LogP contribution in [0.25, 0.3) is 0 Å². The highest BCUT2D eigenvalue weighted by molar-refractivity contribution is 6.31. The maximum absolute atomic E-state index is 12.0. The van der Waals surface area contributed by atoms with Crippen molar-refractivity contribution < 1.29 is 4.79 Å². The molecule has 0 spiro atoms. The van der Waals surface area contributed by atoms with Crippen LogP contribution in [0.4, 0.5) is 0 Å². The van der Waals surface area contributed by atoms with E-state index in [9.17, 15) is 4.79 Å². The minimum Gasteiger partial charge on any atom is -0.317 e. The molecule has 1 aromatic carbocycles. The zero-order valence-corrected chi connectivity index (χ0v) is 11.6. The van der Waals surface area contributed by atoms with E-state index in [0.717, 1.165) is 37.1 Å². The lowest BCUT2D eigenvalue weighted by molar-refractivity contribution is -0.119. The number of aryl methyl sites for hydroxylation is 1. The van der Waals surface area contributed by atoms with Crippen molar-refractivity contribution >= 4 is 17.4 Å². The van der Waals surface area contributed by atoms with E-state index in [1.165, 1.54) is 0 Å². The summed E-state index contributed by atoms with van der Waals surface area (Å²) in [6.07, 6.45) is 3.41. The van der Waals surface area contributed by atoms with Gasteiger partial charge in [-0.05, 0) is 56.0 Å². The van der Waals surface area contributed by atoms with Gasteiger partial charge in [-0.25, -0.2) is 0 Å². The van der Waals surface area contributed by atoms with Gasteiger partial charge in [-0.2, -0.15) is 0 Å². The first kappa shape index (κ1) is 13.6. The van der Waals surface area contributed by atoms with Crippen molar-refractivity contribution in [2.45, 2.75) is 32.6 Å². The van der Waals surface area contributed by atoms with Crippen molar-refractivity contribution in [3.8, 4) is 0 Å². The number of hydrogen-bond donors (Lipinski definition) is 1. The molecule has 0 amide bonds. The molecule has 1 aliphatic rings. The SMILES string of the molecule is Cc1ccc(CC(=O)CC2CCNCC2)c(Cl)c1. The van der Waals surface area contributed by atoms with Gasteiger partial charge in [0.1, 0.15) is 5.78 Å². The molecule has 0 radical (unpaired) electrons. The fraction of sp³-hybridized carbons (Fsp3) is 0.533. The molecule has 3 heteroatoms. The predicted octanol–water partition coefficient (Wildman–Crippen LogP) is 3.15. The van der Waals surface area contributed by atoms with Crippen LogP contribution in [-0.4, -0.2) is 18.9 Å². The predicted molar refractivity (Wildman–Crippen MR) is 75.1 cm³/mol. The summed E-state index contributed by atoms with van der Waals surface area (Å²) in [5.41, 5.74) is 2.09. The molecule has 0 atom stereocenters. The highest BCUT2D eigenvalue weighted by atomic mass is 35.5. The Morgan fingerprint density at radius 3 is 2.78 bits per heavy atom. The van der Waals surface area contributed by atoms with Gasteiger partial charge < -0.3 is 5.32 Å². The van der Waals surface area contributed by atoms with Crippen LogP contribution >= 0.6 is 11.6 Å². The summed E-state index contributed by atoms with van der Waals surface area (Å²) >= 11 is 6.15. The molecule has 0 unspecified atom stereocenters. The van der Waals surface area contributed by atoms with Gasteiger partial charge in [0, 0.05) is 17.9 Å². The van der Waals surface area contributed by atoms with Crippen molar-refractivity contribution in [3.63, 3.8) is 0 Å². The second-order valence-electron chi connectivity index (χ2n) is 5.21. The van der Waals surface area contributed by atoms with Crippen LogP contribution in [0.5, 0.6) is 0 Å². The fourth-order valence-corrected chi connectivity index (χ4v) is 2.79. The third-order valence-corrected chi connectivity index (χ3v) is 3.92. The van der Waals surface area contributed by atoms with Crippen LogP contribution in [0.3, 0.4) is 0 Å². The summed E-state index contributed by atoms with van der Waals surface area (Å²) in [6.45, 7) is 4.10. The summed E-state index contributed by atoms with van der Waals surface area (Å²) in [7, 11) is 0.